The van der Waals surface area contributed by atoms with Gasteiger partial charge in [0.25, 0.3) is 0 Å². The van der Waals surface area contributed by atoms with Crippen LogP contribution in [0.2, 0.25) is 0 Å². The first-order valence-electron chi connectivity index (χ1n) is 10.7. The Bertz CT molecular complexity index is 1510. The van der Waals surface area contributed by atoms with Gasteiger partial charge in [-0.1, -0.05) is 0 Å². The van der Waals surface area contributed by atoms with Gasteiger partial charge in [0.15, 0.2) is 17.3 Å². The summed E-state index contributed by atoms with van der Waals surface area (Å²) in [6.45, 7) is -0.735. The van der Waals surface area contributed by atoms with Gasteiger partial charge in [-0.05, 0) is 18.2 Å². The van der Waals surface area contributed by atoms with Crippen molar-refractivity contribution in [3.8, 4) is 40.1 Å². The number of phenolic OH excluding ortho intramolecular Hbond substituents is 2. The smallest absolute Gasteiger partial charge is 0.446 e. The first-order valence-corrected chi connectivity index (χ1v) is 12.1. The van der Waals surface area contributed by atoms with E-state index >= 15 is 0 Å². The quantitative estimate of drug-likeness (QED) is 0.176. The maximum Gasteiger partial charge on any atom is 0.446 e. The molecule has 15 nitrogen and oxygen atoms in total. The standard InChI is InChI=1S/C22H22O15S/c1-33-21-17(27)15-12(34-20(21)8-2-3-10(25)11(4-8)37-38(30,31)32)5-9(24)6-13(15)35-22-19(29)18(28)16(26)14(7-23)36-22/h2-6,14,16,18-19,22-26,28-29H,7H2,1H3,(H,30,31,32)/t14?,16-,18+,19?,22-/m1/s1. The molecule has 7 N–H and O–H groups in total. The summed E-state index contributed by atoms with van der Waals surface area (Å²) in [5, 5.41) is 59.5. The monoisotopic (exact) mass is 558 g/mol. The molecule has 38 heavy (non-hydrogen) atoms. The van der Waals surface area contributed by atoms with Crippen LogP contribution in [0.4, 0.5) is 0 Å². The Hall–Kier alpha value is -3.64. The van der Waals surface area contributed by atoms with Gasteiger partial charge in [-0.3, -0.25) is 9.35 Å². The number of aliphatic hydroxyl groups is 4. The third-order valence-corrected chi connectivity index (χ3v) is 6.01. The summed E-state index contributed by atoms with van der Waals surface area (Å²) in [6.07, 6.45) is -8.27. The number of methoxy groups -OCH3 is 1. The Morgan fingerprint density at radius 1 is 1.00 bits per heavy atom. The minimum Gasteiger partial charge on any atom is -0.508 e. The molecule has 5 atom stereocenters. The highest BCUT2D eigenvalue weighted by Gasteiger charge is 2.45. The van der Waals surface area contributed by atoms with Gasteiger partial charge in [-0.25, -0.2) is 0 Å². The molecule has 2 heterocycles. The molecule has 1 aliphatic heterocycles. The number of ether oxygens (including phenoxy) is 3. The molecule has 0 amide bonds. The molecular formula is C22H22O15S. The largest absolute Gasteiger partial charge is 0.508 e. The van der Waals surface area contributed by atoms with E-state index in [9.17, 15) is 43.9 Å². The lowest BCUT2D eigenvalue weighted by Gasteiger charge is -2.39. The van der Waals surface area contributed by atoms with Crippen LogP contribution in [0.25, 0.3) is 22.3 Å². The average Bonchev–Trinajstić information content (AvgIpc) is 2.84. The van der Waals surface area contributed by atoms with Crippen LogP contribution in [0.3, 0.4) is 0 Å². The zero-order chi connectivity index (χ0) is 27.9. The van der Waals surface area contributed by atoms with Crippen LogP contribution in [0.5, 0.6) is 28.7 Å². The van der Waals surface area contributed by atoms with E-state index in [0.717, 1.165) is 31.4 Å². The molecule has 2 aromatic carbocycles. The average molecular weight is 558 g/mol. The fraction of sp³-hybridized carbons (Fsp3) is 0.318. The third kappa shape index (κ3) is 5.18. The van der Waals surface area contributed by atoms with Crippen LogP contribution >= 0.6 is 0 Å². The van der Waals surface area contributed by atoms with Crippen LogP contribution in [0.15, 0.2) is 39.5 Å². The van der Waals surface area contributed by atoms with E-state index in [2.05, 4.69) is 4.18 Å². The third-order valence-electron chi connectivity index (χ3n) is 5.62. The lowest BCUT2D eigenvalue weighted by atomic mass is 9.99. The predicted octanol–water partition coefficient (Wildman–Crippen LogP) is -0.760. The number of benzene rings is 2. The van der Waals surface area contributed by atoms with Crippen molar-refractivity contribution >= 4 is 21.4 Å². The number of hydrogen-bond acceptors (Lipinski definition) is 14. The van der Waals surface area contributed by atoms with Gasteiger partial charge in [0, 0.05) is 17.7 Å². The van der Waals surface area contributed by atoms with Crippen molar-refractivity contribution in [2.75, 3.05) is 13.7 Å². The molecule has 0 saturated carbocycles. The first kappa shape index (κ1) is 27.4. The summed E-state index contributed by atoms with van der Waals surface area (Å²) < 4.78 is 57.3. The Labute approximate surface area is 213 Å². The van der Waals surface area contributed by atoms with Crippen molar-refractivity contribution in [2.45, 2.75) is 30.7 Å². The molecule has 1 aliphatic rings. The number of aliphatic hydroxyl groups excluding tert-OH is 4. The van der Waals surface area contributed by atoms with Gasteiger partial charge in [0.05, 0.1) is 13.7 Å². The molecule has 1 fully saturated rings. The van der Waals surface area contributed by atoms with Crippen molar-refractivity contribution in [3.05, 3.63) is 40.6 Å². The second-order valence-corrected chi connectivity index (χ2v) is 9.14. The molecule has 1 aromatic heterocycles. The van der Waals surface area contributed by atoms with E-state index in [1.807, 2.05) is 0 Å². The maximum atomic E-state index is 13.4. The molecule has 2 unspecified atom stereocenters. The molecule has 206 valence electrons. The molecule has 4 rings (SSSR count). The number of hydrogen-bond donors (Lipinski definition) is 7. The predicted molar refractivity (Wildman–Crippen MR) is 124 cm³/mol. The van der Waals surface area contributed by atoms with Crippen LogP contribution in [-0.2, 0) is 15.1 Å². The van der Waals surface area contributed by atoms with Crippen LogP contribution in [0, 0.1) is 0 Å². The van der Waals surface area contributed by atoms with E-state index in [4.69, 9.17) is 23.2 Å². The molecule has 16 heteroatoms. The number of rotatable bonds is 7. The second kappa shape index (κ2) is 10.3. The topological polar surface area (TPSA) is 243 Å². The molecule has 1 saturated heterocycles. The molecule has 0 radical (unpaired) electrons. The van der Waals surface area contributed by atoms with Gasteiger partial charge >= 0.3 is 10.4 Å². The Kier molecular flexibility index (Phi) is 7.39. The van der Waals surface area contributed by atoms with E-state index in [1.54, 1.807) is 0 Å². The first-order chi connectivity index (χ1) is 17.8. The zero-order valence-corrected chi connectivity index (χ0v) is 20.1. The fourth-order valence-corrected chi connectivity index (χ4v) is 4.21. The van der Waals surface area contributed by atoms with Crippen molar-refractivity contribution in [2.24, 2.45) is 0 Å². The Balaban J connectivity index is 1.84. The summed E-state index contributed by atoms with van der Waals surface area (Å²) in [7, 11) is -3.89. The second-order valence-electron chi connectivity index (χ2n) is 8.12. The van der Waals surface area contributed by atoms with E-state index < -0.39 is 76.1 Å². The number of phenols is 2. The highest BCUT2D eigenvalue weighted by molar-refractivity contribution is 7.81. The van der Waals surface area contributed by atoms with Gasteiger partial charge < -0.3 is 53.4 Å². The van der Waals surface area contributed by atoms with Crippen molar-refractivity contribution in [3.63, 3.8) is 0 Å². The van der Waals surface area contributed by atoms with Crippen LogP contribution < -0.4 is 19.1 Å². The van der Waals surface area contributed by atoms with E-state index in [-0.39, 0.29) is 28.0 Å². The minimum atomic E-state index is -5.02. The molecule has 0 aliphatic carbocycles. The molecular weight excluding hydrogens is 536 g/mol. The summed E-state index contributed by atoms with van der Waals surface area (Å²) in [5.41, 5.74) is -1.19. The highest BCUT2D eigenvalue weighted by Crippen LogP contribution is 2.39. The molecule has 0 spiro atoms. The zero-order valence-electron chi connectivity index (χ0n) is 19.3. The molecule has 0 bridgehead atoms. The van der Waals surface area contributed by atoms with Gasteiger partial charge in [0.2, 0.25) is 17.5 Å². The van der Waals surface area contributed by atoms with Crippen molar-refractivity contribution in [1.29, 1.82) is 0 Å². The van der Waals surface area contributed by atoms with Gasteiger partial charge in [-0.2, -0.15) is 8.42 Å². The Morgan fingerprint density at radius 2 is 1.71 bits per heavy atom. The maximum absolute atomic E-state index is 13.4. The van der Waals surface area contributed by atoms with E-state index in [0.29, 0.717) is 0 Å². The van der Waals surface area contributed by atoms with Crippen molar-refractivity contribution < 1.29 is 66.4 Å². The lowest BCUT2D eigenvalue weighted by molar-refractivity contribution is -0.277. The van der Waals surface area contributed by atoms with Crippen molar-refractivity contribution in [1.82, 2.24) is 0 Å². The van der Waals surface area contributed by atoms with Crippen LogP contribution in [0.1, 0.15) is 0 Å². The lowest BCUT2D eigenvalue weighted by Crippen LogP contribution is -2.60. The van der Waals surface area contributed by atoms with Gasteiger partial charge in [0.1, 0.15) is 46.9 Å². The highest BCUT2D eigenvalue weighted by atomic mass is 32.3. The fourth-order valence-electron chi connectivity index (χ4n) is 3.85. The SMILES string of the molecule is COc1c(-c2ccc(O)c(OS(=O)(=O)O)c2)oc2cc(O)cc(O[C@@H]3OC(CO)[C@@H](O)[C@H](O)C3O)c2c1=O. The number of aromatic hydroxyl groups is 2. The normalized spacial score (nSPS) is 23.8. The number of fused-ring (bicyclic) bond motifs is 1. The summed E-state index contributed by atoms with van der Waals surface area (Å²) >= 11 is 0. The Morgan fingerprint density at radius 3 is 2.34 bits per heavy atom. The van der Waals surface area contributed by atoms with Crippen LogP contribution in [-0.4, -0.2) is 88.0 Å². The van der Waals surface area contributed by atoms with Gasteiger partial charge in [-0.15, -0.1) is 0 Å². The summed E-state index contributed by atoms with van der Waals surface area (Å²) in [6, 6.07) is 5.17. The summed E-state index contributed by atoms with van der Waals surface area (Å²) in [4.78, 5) is 13.4. The van der Waals surface area contributed by atoms with E-state index in [1.165, 1.54) is 6.07 Å². The minimum absolute atomic E-state index is 0.0444. The molecule has 3 aromatic rings. The summed E-state index contributed by atoms with van der Waals surface area (Å²) in [5.74, 6) is -2.96.